The minimum Gasteiger partial charge on any atom is -0.299 e. The van der Waals surface area contributed by atoms with E-state index in [0.717, 1.165) is 43.2 Å². The summed E-state index contributed by atoms with van der Waals surface area (Å²) in [5, 5.41) is 0. The summed E-state index contributed by atoms with van der Waals surface area (Å²) in [6, 6.07) is 6.72. The molecule has 0 heterocycles. The van der Waals surface area contributed by atoms with Gasteiger partial charge in [0.2, 0.25) is 0 Å². The predicted molar refractivity (Wildman–Crippen MR) is 120 cm³/mol. The molecule has 32 heavy (non-hydrogen) atoms. The van der Waals surface area contributed by atoms with Crippen LogP contribution in [0, 0.1) is 35.5 Å². The van der Waals surface area contributed by atoms with E-state index in [4.69, 9.17) is 4.18 Å². The summed E-state index contributed by atoms with van der Waals surface area (Å²) < 4.78 is 31.8. The van der Waals surface area contributed by atoms with Crippen molar-refractivity contribution in [3.8, 4) is 0 Å². The summed E-state index contributed by atoms with van der Waals surface area (Å²) in [5.41, 5.74) is 1.40. The first-order chi connectivity index (χ1) is 15.2. The van der Waals surface area contributed by atoms with Crippen LogP contribution in [0.5, 0.6) is 0 Å². The molecule has 0 N–H and O–H groups in total. The molecule has 4 aliphatic rings. The molecule has 6 heteroatoms. The lowest BCUT2D eigenvalue weighted by molar-refractivity contribution is -0.133. The minimum atomic E-state index is -3.89. The molecule has 0 aliphatic heterocycles. The summed E-state index contributed by atoms with van der Waals surface area (Å²) in [6.07, 6.45) is 7.96. The van der Waals surface area contributed by atoms with Crippen LogP contribution in [-0.2, 0) is 23.9 Å². The molecule has 5 nitrogen and oxygen atoms in total. The maximum Gasteiger partial charge on any atom is 0.297 e. The molecule has 1 aromatic rings. The van der Waals surface area contributed by atoms with E-state index in [2.05, 4.69) is 6.92 Å². The molecule has 0 radical (unpaired) electrons. The van der Waals surface area contributed by atoms with Gasteiger partial charge in [0.1, 0.15) is 5.78 Å². The summed E-state index contributed by atoms with van der Waals surface area (Å²) in [7, 11) is -3.89. The van der Waals surface area contributed by atoms with Gasteiger partial charge in [0, 0.05) is 23.7 Å². The Hall–Kier alpha value is -1.79. The van der Waals surface area contributed by atoms with Gasteiger partial charge in [-0.05, 0) is 81.4 Å². The lowest BCUT2D eigenvalue weighted by Gasteiger charge is -2.57. The van der Waals surface area contributed by atoms with Gasteiger partial charge < -0.3 is 0 Å². The molecule has 0 saturated heterocycles. The topological polar surface area (TPSA) is 77.5 Å². The summed E-state index contributed by atoms with van der Waals surface area (Å²) in [4.78, 5) is 25.1. The maximum absolute atomic E-state index is 13.0. The molecule has 3 fully saturated rings. The van der Waals surface area contributed by atoms with Crippen molar-refractivity contribution in [3.63, 3.8) is 0 Å². The van der Waals surface area contributed by atoms with Crippen molar-refractivity contribution in [3.05, 3.63) is 41.5 Å². The molecular formula is C26H32O5S. The quantitative estimate of drug-likeness (QED) is 0.609. The molecule has 172 valence electrons. The standard InChI is InChI=1S/C26H32O5S/c1-17-3-6-20(7-4-17)32(29,30)31-16-26-14-11-19(27)15-18(26)5-8-21-22-9-10-24(28)25(22,2)13-12-23(21)26/h3-4,6-7,15,21-23H,5,8-14,16H2,1-2H3/t21-,22-,23-,25-,26+/m1/s1. The number of carbonyl (C=O) groups is 2. The van der Waals surface area contributed by atoms with E-state index >= 15 is 0 Å². The van der Waals surface area contributed by atoms with Crippen molar-refractivity contribution in [2.45, 2.75) is 70.1 Å². The van der Waals surface area contributed by atoms with Crippen LogP contribution in [0.4, 0.5) is 0 Å². The lowest BCUT2D eigenvalue weighted by atomic mass is 9.47. The maximum atomic E-state index is 13.0. The highest BCUT2D eigenvalue weighted by molar-refractivity contribution is 7.86. The molecule has 4 aliphatic carbocycles. The van der Waals surface area contributed by atoms with E-state index in [1.165, 1.54) is 0 Å². The fourth-order valence-electron chi connectivity index (χ4n) is 7.36. The van der Waals surface area contributed by atoms with Crippen molar-refractivity contribution in [1.82, 2.24) is 0 Å². The Morgan fingerprint density at radius 3 is 2.47 bits per heavy atom. The molecule has 1 aromatic carbocycles. The molecule has 0 spiro atoms. The molecule has 0 amide bonds. The second-order valence-corrected chi connectivity index (χ2v) is 12.3. The zero-order valence-electron chi connectivity index (χ0n) is 18.9. The largest absolute Gasteiger partial charge is 0.299 e. The molecule has 5 rings (SSSR count). The Morgan fingerprint density at radius 1 is 0.969 bits per heavy atom. The Balaban J connectivity index is 1.47. The lowest BCUT2D eigenvalue weighted by Crippen LogP contribution is -2.53. The minimum absolute atomic E-state index is 0.0842. The van der Waals surface area contributed by atoms with Crippen LogP contribution in [0.3, 0.4) is 0 Å². The zero-order chi connectivity index (χ0) is 22.7. The van der Waals surface area contributed by atoms with Crippen LogP contribution < -0.4 is 0 Å². The smallest absolute Gasteiger partial charge is 0.297 e. The first kappa shape index (κ1) is 22.0. The summed E-state index contributed by atoms with van der Waals surface area (Å²) in [5.74, 6) is 1.53. The molecule has 0 unspecified atom stereocenters. The number of fused-ring (bicyclic) bond motifs is 5. The van der Waals surface area contributed by atoms with Gasteiger partial charge in [0.05, 0.1) is 11.5 Å². The number of ketones is 2. The van der Waals surface area contributed by atoms with Gasteiger partial charge in [-0.25, -0.2) is 0 Å². The van der Waals surface area contributed by atoms with Crippen molar-refractivity contribution in [2.75, 3.05) is 6.61 Å². The van der Waals surface area contributed by atoms with Gasteiger partial charge in [0.25, 0.3) is 10.1 Å². The van der Waals surface area contributed by atoms with Gasteiger partial charge in [-0.2, -0.15) is 8.42 Å². The average molecular weight is 457 g/mol. The summed E-state index contributed by atoms with van der Waals surface area (Å²) in [6.45, 7) is 4.14. The highest BCUT2D eigenvalue weighted by Gasteiger charge is 2.60. The van der Waals surface area contributed by atoms with Crippen molar-refractivity contribution in [2.24, 2.45) is 28.6 Å². The van der Waals surface area contributed by atoms with Gasteiger partial charge in [-0.1, -0.05) is 30.2 Å². The third-order valence-electron chi connectivity index (χ3n) is 9.18. The van der Waals surface area contributed by atoms with Crippen molar-refractivity contribution in [1.29, 1.82) is 0 Å². The fourth-order valence-corrected chi connectivity index (χ4v) is 8.33. The highest BCUT2D eigenvalue weighted by Crippen LogP contribution is 2.64. The molecule has 5 atom stereocenters. The van der Waals surface area contributed by atoms with Gasteiger partial charge in [-0.3, -0.25) is 13.8 Å². The van der Waals surface area contributed by atoms with Crippen LogP contribution in [-0.4, -0.2) is 26.6 Å². The van der Waals surface area contributed by atoms with Crippen LogP contribution in [0.15, 0.2) is 40.8 Å². The van der Waals surface area contributed by atoms with E-state index in [0.29, 0.717) is 36.9 Å². The average Bonchev–Trinajstić information content (AvgIpc) is 3.07. The first-order valence-electron chi connectivity index (χ1n) is 11.9. The Morgan fingerprint density at radius 2 is 1.72 bits per heavy atom. The second-order valence-electron chi connectivity index (χ2n) is 10.7. The molecule has 3 saturated carbocycles. The summed E-state index contributed by atoms with van der Waals surface area (Å²) >= 11 is 0. The fraction of sp³-hybridized carbons (Fsp3) is 0.615. The Bertz CT molecular complexity index is 1090. The normalized spacial score (nSPS) is 36.8. The molecule has 0 aromatic heterocycles. The number of aryl methyl sites for hydroxylation is 1. The van der Waals surface area contributed by atoms with Crippen LogP contribution in [0.1, 0.15) is 63.9 Å². The van der Waals surface area contributed by atoms with Gasteiger partial charge in [-0.15, -0.1) is 0 Å². The van der Waals surface area contributed by atoms with Crippen molar-refractivity contribution >= 4 is 21.7 Å². The van der Waals surface area contributed by atoms with Crippen LogP contribution in [0.2, 0.25) is 0 Å². The number of rotatable bonds is 4. The number of hydrogen-bond donors (Lipinski definition) is 0. The number of Topliss-reactive ketones (excluding diaryl/α,β-unsaturated/α-hetero) is 1. The second kappa shape index (κ2) is 7.63. The van der Waals surface area contributed by atoms with E-state index in [1.807, 2.05) is 6.92 Å². The highest BCUT2D eigenvalue weighted by atomic mass is 32.2. The van der Waals surface area contributed by atoms with E-state index in [-0.39, 0.29) is 28.6 Å². The van der Waals surface area contributed by atoms with E-state index in [1.54, 1.807) is 30.3 Å². The van der Waals surface area contributed by atoms with Crippen LogP contribution in [0.25, 0.3) is 0 Å². The predicted octanol–water partition coefficient (Wildman–Crippen LogP) is 4.78. The SMILES string of the molecule is Cc1ccc(S(=O)(=O)OC[C@@]23CCC(=O)C=C2CC[C@H]2[C@H]3CC[C@@]3(C)C(=O)CC[C@H]23)cc1. The van der Waals surface area contributed by atoms with Gasteiger partial charge >= 0.3 is 0 Å². The van der Waals surface area contributed by atoms with E-state index in [9.17, 15) is 18.0 Å². The third kappa shape index (κ3) is 3.33. The third-order valence-corrected chi connectivity index (χ3v) is 10.5. The molecule has 0 bridgehead atoms. The monoisotopic (exact) mass is 456 g/mol. The van der Waals surface area contributed by atoms with Crippen molar-refractivity contribution < 1.29 is 22.2 Å². The van der Waals surface area contributed by atoms with Gasteiger partial charge in [0.15, 0.2) is 5.78 Å². The first-order valence-corrected chi connectivity index (χ1v) is 13.3. The molecular weight excluding hydrogens is 424 g/mol. The number of benzene rings is 1. The Kier molecular flexibility index (Phi) is 5.25. The zero-order valence-corrected chi connectivity index (χ0v) is 19.7. The van der Waals surface area contributed by atoms with E-state index < -0.39 is 15.5 Å². The van der Waals surface area contributed by atoms with Crippen LogP contribution >= 0.6 is 0 Å². The Labute approximate surface area is 190 Å². The number of carbonyl (C=O) groups excluding carboxylic acids is 2. The number of hydrogen-bond acceptors (Lipinski definition) is 5.